The van der Waals surface area contributed by atoms with Crippen LogP contribution in [0.25, 0.3) is 0 Å². The van der Waals surface area contributed by atoms with Crippen LogP contribution < -0.4 is 10.2 Å². The van der Waals surface area contributed by atoms with Crippen LogP contribution in [0.2, 0.25) is 0 Å². The Balaban J connectivity index is 2.03. The highest BCUT2D eigenvalue weighted by Gasteiger charge is 2.21. The van der Waals surface area contributed by atoms with Gasteiger partial charge in [-0.25, -0.2) is 9.97 Å². The van der Waals surface area contributed by atoms with E-state index in [-0.39, 0.29) is 0 Å². The van der Waals surface area contributed by atoms with Gasteiger partial charge >= 0.3 is 0 Å². The van der Waals surface area contributed by atoms with E-state index in [4.69, 9.17) is 4.98 Å². The zero-order chi connectivity index (χ0) is 15.2. The van der Waals surface area contributed by atoms with Gasteiger partial charge in [0.05, 0.1) is 0 Å². The van der Waals surface area contributed by atoms with Gasteiger partial charge in [-0.15, -0.1) is 0 Å². The van der Waals surface area contributed by atoms with Gasteiger partial charge in [-0.2, -0.15) is 0 Å². The molecule has 5 nitrogen and oxygen atoms in total. The molecule has 1 fully saturated rings. The second-order valence-electron chi connectivity index (χ2n) is 6.10. The van der Waals surface area contributed by atoms with Crippen LogP contribution in [0.5, 0.6) is 0 Å². The largest absolute Gasteiger partial charge is 0.370 e. The molecule has 1 N–H and O–H groups in total. The molecule has 1 aromatic heterocycles. The average Bonchev–Trinajstić information content (AvgIpc) is 2.47. The summed E-state index contributed by atoms with van der Waals surface area (Å²) >= 11 is 0. The topological polar surface area (TPSA) is 44.3 Å². The number of nitrogens with one attached hydrogen (secondary N) is 1. The van der Waals surface area contributed by atoms with E-state index in [1.54, 1.807) is 0 Å². The Bertz CT molecular complexity index is 438. The van der Waals surface area contributed by atoms with Gasteiger partial charge in [-0.1, -0.05) is 6.92 Å². The van der Waals surface area contributed by atoms with Crippen molar-refractivity contribution in [3.05, 3.63) is 11.9 Å². The number of piperidine rings is 1. The molecule has 2 rings (SSSR count). The lowest BCUT2D eigenvalue weighted by Gasteiger charge is -2.34. The Kier molecular flexibility index (Phi) is 5.79. The van der Waals surface area contributed by atoms with E-state index in [2.05, 4.69) is 54.1 Å². The summed E-state index contributed by atoms with van der Waals surface area (Å²) in [5, 5.41) is 3.31. The summed E-state index contributed by atoms with van der Waals surface area (Å²) in [4.78, 5) is 13.9. The highest BCUT2D eigenvalue weighted by molar-refractivity contribution is 5.49. The maximum Gasteiger partial charge on any atom is 0.134 e. The lowest BCUT2D eigenvalue weighted by molar-refractivity contribution is 0.284. The molecule has 0 unspecified atom stereocenters. The molecule has 0 aliphatic carbocycles. The molecule has 1 aliphatic rings. The van der Waals surface area contributed by atoms with Crippen molar-refractivity contribution >= 4 is 11.6 Å². The van der Waals surface area contributed by atoms with E-state index < -0.39 is 0 Å². The second kappa shape index (κ2) is 7.59. The molecule has 0 amide bonds. The van der Waals surface area contributed by atoms with Crippen molar-refractivity contribution in [3.63, 3.8) is 0 Å². The number of anilines is 2. The molecule has 0 spiro atoms. The van der Waals surface area contributed by atoms with Gasteiger partial charge in [0.25, 0.3) is 0 Å². The fraction of sp³-hybridized carbons (Fsp3) is 0.750. The lowest BCUT2D eigenvalue weighted by Crippen LogP contribution is -2.37. The Labute approximate surface area is 128 Å². The van der Waals surface area contributed by atoms with E-state index in [0.29, 0.717) is 0 Å². The van der Waals surface area contributed by atoms with Gasteiger partial charge in [0.1, 0.15) is 17.5 Å². The number of rotatable bonds is 6. The van der Waals surface area contributed by atoms with Gasteiger partial charge in [-0.05, 0) is 39.8 Å². The Morgan fingerprint density at radius 2 is 1.95 bits per heavy atom. The van der Waals surface area contributed by atoms with Crippen LogP contribution in [-0.4, -0.2) is 55.1 Å². The molecule has 2 heterocycles. The van der Waals surface area contributed by atoms with Crippen molar-refractivity contribution in [2.45, 2.75) is 33.1 Å². The minimum atomic E-state index is 0.817. The van der Waals surface area contributed by atoms with E-state index in [0.717, 1.165) is 49.4 Å². The smallest absolute Gasteiger partial charge is 0.134 e. The van der Waals surface area contributed by atoms with Crippen molar-refractivity contribution in [3.8, 4) is 0 Å². The Morgan fingerprint density at radius 1 is 1.24 bits per heavy atom. The SMILES string of the molecule is CCNc1cc(N2CCC(CN(C)C)CC2)nc(CC)n1. The molecule has 1 saturated heterocycles. The van der Waals surface area contributed by atoms with Crippen LogP contribution in [0.4, 0.5) is 11.6 Å². The summed E-state index contributed by atoms with van der Waals surface area (Å²) in [6.07, 6.45) is 3.38. The number of aryl methyl sites for hydroxylation is 1. The van der Waals surface area contributed by atoms with Crippen molar-refractivity contribution in [1.82, 2.24) is 14.9 Å². The van der Waals surface area contributed by atoms with Crippen molar-refractivity contribution in [2.24, 2.45) is 5.92 Å². The third-order valence-corrected chi connectivity index (χ3v) is 3.99. The molecule has 118 valence electrons. The quantitative estimate of drug-likeness (QED) is 0.871. The molecule has 0 bridgehead atoms. The molecule has 1 aromatic rings. The molecule has 0 aromatic carbocycles. The minimum absolute atomic E-state index is 0.817. The van der Waals surface area contributed by atoms with E-state index in [1.165, 1.54) is 19.4 Å². The highest BCUT2D eigenvalue weighted by atomic mass is 15.2. The molecule has 1 aliphatic heterocycles. The van der Waals surface area contributed by atoms with Crippen LogP contribution in [-0.2, 0) is 6.42 Å². The third kappa shape index (κ3) is 4.56. The van der Waals surface area contributed by atoms with Crippen LogP contribution in [0.1, 0.15) is 32.5 Å². The van der Waals surface area contributed by atoms with Gasteiger partial charge < -0.3 is 15.1 Å². The predicted octanol–water partition coefficient (Wildman–Crippen LogP) is 2.25. The fourth-order valence-electron chi connectivity index (χ4n) is 2.94. The number of hydrogen-bond donors (Lipinski definition) is 1. The fourth-order valence-corrected chi connectivity index (χ4v) is 2.94. The first-order valence-electron chi connectivity index (χ1n) is 8.13. The maximum atomic E-state index is 4.71. The zero-order valence-electron chi connectivity index (χ0n) is 13.9. The van der Waals surface area contributed by atoms with Gasteiger partial charge in [0.2, 0.25) is 0 Å². The van der Waals surface area contributed by atoms with Crippen LogP contribution in [0.3, 0.4) is 0 Å². The van der Waals surface area contributed by atoms with Crippen molar-refractivity contribution < 1.29 is 0 Å². The number of hydrogen-bond acceptors (Lipinski definition) is 5. The Hall–Kier alpha value is -1.36. The second-order valence-corrected chi connectivity index (χ2v) is 6.10. The molecule has 21 heavy (non-hydrogen) atoms. The molecular formula is C16H29N5. The van der Waals surface area contributed by atoms with E-state index in [1.807, 2.05) is 0 Å². The van der Waals surface area contributed by atoms with Crippen LogP contribution in [0.15, 0.2) is 6.07 Å². The highest BCUT2D eigenvalue weighted by Crippen LogP contribution is 2.24. The van der Waals surface area contributed by atoms with Crippen LogP contribution in [0, 0.1) is 5.92 Å². The minimum Gasteiger partial charge on any atom is -0.370 e. The van der Waals surface area contributed by atoms with Crippen molar-refractivity contribution in [1.29, 1.82) is 0 Å². The van der Waals surface area contributed by atoms with E-state index >= 15 is 0 Å². The third-order valence-electron chi connectivity index (χ3n) is 3.99. The van der Waals surface area contributed by atoms with E-state index in [9.17, 15) is 0 Å². The summed E-state index contributed by atoms with van der Waals surface area (Å²) in [7, 11) is 4.32. The summed E-state index contributed by atoms with van der Waals surface area (Å²) in [5.41, 5.74) is 0. The summed E-state index contributed by atoms with van der Waals surface area (Å²) in [5.74, 6) is 3.78. The first kappa shape index (κ1) is 16.0. The van der Waals surface area contributed by atoms with Crippen LogP contribution >= 0.6 is 0 Å². The molecule has 0 radical (unpaired) electrons. The average molecular weight is 291 g/mol. The van der Waals surface area contributed by atoms with Gasteiger partial charge in [0, 0.05) is 38.7 Å². The summed E-state index contributed by atoms with van der Waals surface area (Å²) in [6.45, 7) is 8.50. The maximum absolute atomic E-state index is 4.71. The first-order valence-corrected chi connectivity index (χ1v) is 8.13. The molecular weight excluding hydrogens is 262 g/mol. The normalized spacial score (nSPS) is 16.5. The summed E-state index contributed by atoms with van der Waals surface area (Å²) in [6, 6.07) is 2.09. The zero-order valence-corrected chi connectivity index (χ0v) is 13.9. The monoisotopic (exact) mass is 291 g/mol. The predicted molar refractivity (Wildman–Crippen MR) is 89.1 cm³/mol. The van der Waals surface area contributed by atoms with Gasteiger partial charge in [-0.3, -0.25) is 0 Å². The van der Waals surface area contributed by atoms with Gasteiger partial charge in [0.15, 0.2) is 0 Å². The Morgan fingerprint density at radius 3 is 2.52 bits per heavy atom. The lowest BCUT2D eigenvalue weighted by atomic mass is 9.96. The first-order chi connectivity index (χ1) is 10.1. The standard InChI is InChI=1S/C16H29N5/c1-5-14-18-15(17-6-2)11-16(19-14)21-9-7-13(8-10-21)12-20(3)4/h11,13H,5-10,12H2,1-4H3,(H,17,18,19). The van der Waals surface area contributed by atoms with Crippen molar-refractivity contribution in [2.75, 3.05) is 50.5 Å². The summed E-state index contributed by atoms with van der Waals surface area (Å²) < 4.78 is 0. The molecule has 0 atom stereocenters. The number of aromatic nitrogens is 2. The molecule has 0 saturated carbocycles. The number of nitrogens with zero attached hydrogens (tertiary/aromatic N) is 4. The molecule has 5 heteroatoms.